The summed E-state index contributed by atoms with van der Waals surface area (Å²) in [5.41, 5.74) is 1.05. The maximum absolute atomic E-state index is 12.8. The predicted octanol–water partition coefficient (Wildman–Crippen LogP) is 1.71. The van der Waals surface area contributed by atoms with Gasteiger partial charge >= 0.3 is 6.03 Å². The minimum atomic E-state index is -0.488. The molecule has 0 radical (unpaired) electrons. The van der Waals surface area contributed by atoms with E-state index in [1.807, 2.05) is 6.92 Å². The molecule has 2 N–H and O–H groups in total. The zero-order valence-electron chi connectivity index (χ0n) is 11.0. The molecule has 0 aliphatic carbocycles. The number of nitrogens with one attached hydrogen (secondary N) is 1. The van der Waals surface area contributed by atoms with Crippen LogP contribution >= 0.6 is 0 Å². The van der Waals surface area contributed by atoms with E-state index in [1.54, 1.807) is 17.0 Å². The van der Waals surface area contributed by atoms with Gasteiger partial charge in [-0.2, -0.15) is 0 Å². The van der Waals surface area contributed by atoms with E-state index in [4.69, 9.17) is 0 Å². The maximum Gasteiger partial charge on any atom is 0.317 e. The van der Waals surface area contributed by atoms with Crippen LogP contribution in [0.15, 0.2) is 24.3 Å². The second-order valence-electron chi connectivity index (χ2n) is 4.90. The van der Waals surface area contributed by atoms with Crippen LogP contribution in [0.5, 0.6) is 0 Å². The summed E-state index contributed by atoms with van der Waals surface area (Å²) in [6.07, 6.45) is 0.136. The van der Waals surface area contributed by atoms with E-state index >= 15 is 0 Å². The lowest BCUT2D eigenvalue weighted by Gasteiger charge is -2.39. The van der Waals surface area contributed by atoms with Crippen molar-refractivity contribution in [2.45, 2.75) is 25.4 Å². The second kappa shape index (κ2) is 6.02. The summed E-state index contributed by atoms with van der Waals surface area (Å²) in [4.78, 5) is 13.4. The molecule has 2 rings (SSSR count). The van der Waals surface area contributed by atoms with Gasteiger partial charge in [0.05, 0.1) is 6.10 Å². The van der Waals surface area contributed by atoms with Gasteiger partial charge in [0, 0.05) is 25.6 Å². The molecule has 1 aromatic carbocycles. The number of likely N-dealkylation sites (tertiary alicyclic amines) is 1. The maximum atomic E-state index is 12.8. The number of hydrogen-bond donors (Lipinski definition) is 2. The molecule has 2 amide bonds. The Labute approximate surface area is 112 Å². The second-order valence-corrected chi connectivity index (χ2v) is 4.90. The van der Waals surface area contributed by atoms with Gasteiger partial charge in [0.1, 0.15) is 5.82 Å². The first-order valence-corrected chi connectivity index (χ1v) is 6.56. The number of aliphatic hydroxyl groups is 1. The predicted molar refractivity (Wildman–Crippen MR) is 70.4 cm³/mol. The van der Waals surface area contributed by atoms with Crippen LogP contribution in [0.25, 0.3) is 0 Å². The van der Waals surface area contributed by atoms with Gasteiger partial charge in [0.2, 0.25) is 0 Å². The number of amides is 2. The summed E-state index contributed by atoms with van der Waals surface area (Å²) < 4.78 is 12.8. The minimum absolute atomic E-state index is 0.147. The third-order valence-corrected chi connectivity index (χ3v) is 3.47. The summed E-state index contributed by atoms with van der Waals surface area (Å²) in [5, 5.41) is 12.1. The van der Waals surface area contributed by atoms with Crippen LogP contribution in [0.3, 0.4) is 0 Å². The molecule has 1 aromatic rings. The van der Waals surface area contributed by atoms with E-state index in [2.05, 4.69) is 5.32 Å². The van der Waals surface area contributed by atoms with Crippen molar-refractivity contribution in [1.29, 1.82) is 0 Å². The summed E-state index contributed by atoms with van der Waals surface area (Å²) in [5.74, 6) is 0.0358. The van der Waals surface area contributed by atoms with Gasteiger partial charge in [0.15, 0.2) is 0 Å². The molecule has 1 saturated heterocycles. The molecule has 0 saturated carbocycles. The molecule has 0 unspecified atom stereocenters. The highest BCUT2D eigenvalue weighted by atomic mass is 19.1. The molecule has 0 spiro atoms. The number of nitrogens with zero attached hydrogens (tertiary/aromatic N) is 1. The molecule has 1 aliphatic rings. The third kappa shape index (κ3) is 3.44. The van der Waals surface area contributed by atoms with Crippen LogP contribution in [-0.2, 0) is 0 Å². The smallest absolute Gasteiger partial charge is 0.317 e. The van der Waals surface area contributed by atoms with Crippen molar-refractivity contribution in [3.05, 3.63) is 35.6 Å². The Morgan fingerprint density at radius 3 is 2.68 bits per heavy atom. The van der Waals surface area contributed by atoms with Crippen molar-refractivity contribution in [2.24, 2.45) is 0 Å². The Morgan fingerprint density at radius 1 is 1.47 bits per heavy atom. The first-order valence-electron chi connectivity index (χ1n) is 6.56. The Balaban J connectivity index is 1.76. The van der Waals surface area contributed by atoms with Crippen molar-refractivity contribution in [2.75, 3.05) is 19.6 Å². The van der Waals surface area contributed by atoms with E-state index < -0.39 is 6.10 Å². The lowest BCUT2D eigenvalue weighted by Crippen LogP contribution is -2.53. The molecule has 5 heteroatoms. The minimum Gasteiger partial charge on any atom is -0.391 e. The van der Waals surface area contributed by atoms with Crippen molar-refractivity contribution in [3.8, 4) is 0 Å². The van der Waals surface area contributed by atoms with Crippen molar-refractivity contribution in [1.82, 2.24) is 10.2 Å². The summed E-state index contributed by atoms with van der Waals surface area (Å²) in [6.45, 7) is 3.43. The number of aliphatic hydroxyl groups excluding tert-OH is 1. The standard InChI is InChI=1S/C14H19FN2O2/c1-2-13(18)7-16-14(19)17-8-11(9-17)10-3-5-12(15)6-4-10/h3-6,11,13,18H,2,7-9H2,1H3,(H,16,19)/t13-/m1/s1. The van der Waals surface area contributed by atoms with Gasteiger partial charge in [0.25, 0.3) is 0 Å². The lowest BCUT2D eigenvalue weighted by molar-refractivity contribution is 0.135. The number of carbonyl (C=O) groups excluding carboxylic acids is 1. The van der Waals surface area contributed by atoms with Crippen molar-refractivity contribution < 1.29 is 14.3 Å². The molecule has 0 bridgehead atoms. The summed E-state index contributed by atoms with van der Waals surface area (Å²) >= 11 is 0. The van der Waals surface area contributed by atoms with E-state index in [9.17, 15) is 14.3 Å². The van der Waals surface area contributed by atoms with E-state index in [0.717, 1.165) is 5.56 Å². The van der Waals surface area contributed by atoms with Gasteiger partial charge in [-0.1, -0.05) is 19.1 Å². The highest BCUT2D eigenvalue weighted by Crippen LogP contribution is 2.26. The number of hydrogen-bond acceptors (Lipinski definition) is 2. The normalized spacial score (nSPS) is 16.9. The van der Waals surface area contributed by atoms with Crippen LogP contribution < -0.4 is 5.32 Å². The molecular formula is C14H19FN2O2. The number of urea groups is 1. The molecule has 1 fully saturated rings. The molecule has 0 aromatic heterocycles. The van der Waals surface area contributed by atoms with Crippen LogP contribution in [-0.4, -0.2) is 41.8 Å². The van der Waals surface area contributed by atoms with Gasteiger partial charge < -0.3 is 15.3 Å². The van der Waals surface area contributed by atoms with E-state index in [-0.39, 0.29) is 24.3 Å². The van der Waals surface area contributed by atoms with E-state index in [0.29, 0.717) is 19.5 Å². The average Bonchev–Trinajstić information content (AvgIpc) is 2.36. The first kappa shape index (κ1) is 13.8. The van der Waals surface area contributed by atoms with Crippen molar-refractivity contribution in [3.63, 3.8) is 0 Å². The SMILES string of the molecule is CC[C@@H](O)CNC(=O)N1CC(c2ccc(F)cc2)C1. The highest BCUT2D eigenvalue weighted by molar-refractivity contribution is 5.75. The number of carbonyl (C=O) groups is 1. The summed E-state index contributed by atoms with van der Waals surface area (Å²) in [6, 6.07) is 6.25. The molecule has 19 heavy (non-hydrogen) atoms. The van der Waals surface area contributed by atoms with Gasteiger partial charge in [-0.3, -0.25) is 0 Å². The highest BCUT2D eigenvalue weighted by Gasteiger charge is 2.31. The zero-order valence-corrected chi connectivity index (χ0v) is 11.0. The monoisotopic (exact) mass is 266 g/mol. The quantitative estimate of drug-likeness (QED) is 0.871. The summed E-state index contributed by atoms with van der Waals surface area (Å²) in [7, 11) is 0. The molecule has 104 valence electrons. The number of halogens is 1. The van der Waals surface area contributed by atoms with Gasteiger partial charge in [-0.25, -0.2) is 9.18 Å². The van der Waals surface area contributed by atoms with Crippen molar-refractivity contribution >= 4 is 6.03 Å². The first-order chi connectivity index (χ1) is 9.10. The fourth-order valence-corrected chi connectivity index (χ4v) is 2.05. The third-order valence-electron chi connectivity index (χ3n) is 3.47. The molecule has 4 nitrogen and oxygen atoms in total. The lowest BCUT2D eigenvalue weighted by atomic mass is 9.92. The molecular weight excluding hydrogens is 247 g/mol. The Bertz CT molecular complexity index is 430. The van der Waals surface area contributed by atoms with Gasteiger partial charge in [-0.05, 0) is 24.1 Å². The Morgan fingerprint density at radius 2 is 2.11 bits per heavy atom. The Kier molecular flexibility index (Phi) is 4.37. The average molecular weight is 266 g/mol. The Hall–Kier alpha value is -1.62. The van der Waals surface area contributed by atoms with Crippen LogP contribution in [0.2, 0.25) is 0 Å². The van der Waals surface area contributed by atoms with Crippen LogP contribution in [0.4, 0.5) is 9.18 Å². The largest absolute Gasteiger partial charge is 0.391 e. The van der Waals surface area contributed by atoms with Crippen LogP contribution in [0, 0.1) is 5.82 Å². The fourth-order valence-electron chi connectivity index (χ4n) is 2.05. The van der Waals surface area contributed by atoms with Crippen LogP contribution in [0.1, 0.15) is 24.8 Å². The topological polar surface area (TPSA) is 52.6 Å². The molecule has 1 heterocycles. The van der Waals surface area contributed by atoms with Gasteiger partial charge in [-0.15, -0.1) is 0 Å². The number of rotatable bonds is 4. The fraction of sp³-hybridized carbons (Fsp3) is 0.500. The number of benzene rings is 1. The molecule has 1 atom stereocenters. The molecule has 1 aliphatic heterocycles. The zero-order chi connectivity index (χ0) is 13.8. The van der Waals surface area contributed by atoms with E-state index in [1.165, 1.54) is 12.1 Å².